The van der Waals surface area contributed by atoms with Gasteiger partial charge in [-0.2, -0.15) is 5.10 Å². The number of hydrogen-bond acceptors (Lipinski definition) is 4. The first-order valence-electron chi connectivity index (χ1n) is 8.52. The summed E-state index contributed by atoms with van der Waals surface area (Å²) >= 11 is 0. The molecule has 6 nitrogen and oxygen atoms in total. The smallest absolute Gasteiger partial charge is 0.261 e. The molecule has 27 heavy (non-hydrogen) atoms. The van der Waals surface area contributed by atoms with E-state index in [9.17, 15) is 4.79 Å². The monoisotopic (exact) mass is 358 g/mol. The maximum Gasteiger partial charge on any atom is 0.261 e. The molecule has 1 N–H and O–H groups in total. The van der Waals surface area contributed by atoms with Crippen molar-refractivity contribution >= 4 is 17.2 Å². The Kier molecular flexibility index (Phi) is 4.30. The van der Waals surface area contributed by atoms with Gasteiger partial charge >= 0.3 is 0 Å². The highest BCUT2D eigenvalue weighted by Gasteiger charge is 2.17. The van der Waals surface area contributed by atoms with Gasteiger partial charge in [0, 0.05) is 16.9 Å². The lowest BCUT2D eigenvalue weighted by Crippen LogP contribution is -2.12. The van der Waals surface area contributed by atoms with Crippen LogP contribution >= 0.6 is 0 Å². The first kappa shape index (κ1) is 16.8. The van der Waals surface area contributed by atoms with Crippen LogP contribution in [-0.4, -0.2) is 27.6 Å². The van der Waals surface area contributed by atoms with E-state index in [-0.39, 0.29) is 5.91 Å². The van der Waals surface area contributed by atoms with Gasteiger partial charge in [0.1, 0.15) is 11.3 Å². The number of carbonyl (C=O) groups is 1. The summed E-state index contributed by atoms with van der Waals surface area (Å²) < 4.78 is 6.84. The summed E-state index contributed by atoms with van der Waals surface area (Å²) in [6.07, 6.45) is 1.55. The van der Waals surface area contributed by atoms with Crippen LogP contribution in [0.15, 0.2) is 66.9 Å². The number of fused-ring (bicyclic) bond motifs is 1. The zero-order valence-electron chi connectivity index (χ0n) is 15.0. The molecule has 0 aliphatic heterocycles. The molecule has 2 aromatic carbocycles. The van der Waals surface area contributed by atoms with Crippen molar-refractivity contribution in [2.75, 3.05) is 12.4 Å². The average Bonchev–Trinajstić information content (AvgIpc) is 3.12. The van der Waals surface area contributed by atoms with E-state index in [2.05, 4.69) is 15.4 Å². The number of benzene rings is 2. The van der Waals surface area contributed by atoms with Crippen LogP contribution in [-0.2, 0) is 0 Å². The lowest BCUT2D eigenvalue weighted by Gasteiger charge is -2.08. The van der Waals surface area contributed by atoms with Gasteiger partial charge in [0.05, 0.1) is 19.0 Å². The van der Waals surface area contributed by atoms with E-state index in [4.69, 9.17) is 4.74 Å². The third-order valence-electron chi connectivity index (χ3n) is 4.26. The van der Waals surface area contributed by atoms with Crippen LogP contribution in [0, 0.1) is 6.92 Å². The van der Waals surface area contributed by atoms with Gasteiger partial charge in [0.2, 0.25) is 0 Å². The molecule has 0 fully saturated rings. The van der Waals surface area contributed by atoms with E-state index < -0.39 is 0 Å². The molecule has 0 spiro atoms. The summed E-state index contributed by atoms with van der Waals surface area (Å²) in [5.41, 5.74) is 4.35. The van der Waals surface area contributed by atoms with Gasteiger partial charge in [0.15, 0.2) is 5.65 Å². The summed E-state index contributed by atoms with van der Waals surface area (Å²) in [6, 6.07) is 19.0. The Morgan fingerprint density at radius 1 is 1.07 bits per heavy atom. The molecule has 1 amide bonds. The topological polar surface area (TPSA) is 68.5 Å². The number of nitrogens with one attached hydrogen (secondary N) is 1. The highest BCUT2D eigenvalue weighted by atomic mass is 16.5. The molecule has 0 unspecified atom stereocenters. The Balaban J connectivity index is 1.72. The number of hydrogen-bond donors (Lipinski definition) is 1. The molecule has 0 atom stereocenters. The van der Waals surface area contributed by atoms with E-state index in [1.807, 2.05) is 43.3 Å². The maximum atomic E-state index is 12.8. The Morgan fingerprint density at radius 2 is 1.81 bits per heavy atom. The fourth-order valence-corrected chi connectivity index (χ4v) is 2.93. The van der Waals surface area contributed by atoms with Gasteiger partial charge in [-0.05, 0) is 37.3 Å². The van der Waals surface area contributed by atoms with Gasteiger partial charge in [-0.1, -0.05) is 30.3 Å². The summed E-state index contributed by atoms with van der Waals surface area (Å²) in [5, 5.41) is 7.28. The fraction of sp³-hybridized carbons (Fsp3) is 0.0952. The molecular formula is C21H18N4O2. The van der Waals surface area contributed by atoms with E-state index in [1.54, 1.807) is 42.1 Å². The molecule has 0 saturated heterocycles. The summed E-state index contributed by atoms with van der Waals surface area (Å²) in [5.74, 6) is 0.473. The van der Waals surface area contributed by atoms with Crippen LogP contribution in [0.25, 0.3) is 16.9 Å². The summed E-state index contributed by atoms with van der Waals surface area (Å²) in [4.78, 5) is 17.3. The Hall–Kier alpha value is -3.67. The van der Waals surface area contributed by atoms with Crippen LogP contribution in [0.3, 0.4) is 0 Å². The number of carbonyl (C=O) groups excluding carboxylic acids is 1. The first-order chi connectivity index (χ1) is 13.2. The summed E-state index contributed by atoms with van der Waals surface area (Å²) in [6.45, 7) is 1.91. The highest BCUT2D eigenvalue weighted by molar-refractivity contribution is 6.08. The van der Waals surface area contributed by atoms with E-state index >= 15 is 0 Å². The number of nitrogens with zero attached hydrogens (tertiary/aromatic N) is 3. The molecule has 0 bridgehead atoms. The van der Waals surface area contributed by atoms with Crippen molar-refractivity contribution in [2.24, 2.45) is 0 Å². The van der Waals surface area contributed by atoms with E-state index in [1.165, 1.54) is 0 Å². The molecule has 0 aliphatic rings. The fourth-order valence-electron chi connectivity index (χ4n) is 2.93. The van der Waals surface area contributed by atoms with Crippen molar-refractivity contribution in [1.29, 1.82) is 0 Å². The zero-order valence-corrected chi connectivity index (χ0v) is 15.0. The van der Waals surface area contributed by atoms with Gasteiger partial charge < -0.3 is 10.1 Å². The SMILES string of the molecule is COc1ccc(NC(=O)c2cnn3c(-c4ccccc4)cc(C)nc23)cc1. The van der Waals surface area contributed by atoms with Crippen molar-refractivity contribution in [3.8, 4) is 17.0 Å². The Bertz CT molecular complexity index is 1100. The van der Waals surface area contributed by atoms with Gasteiger partial charge in [-0.15, -0.1) is 0 Å². The number of aryl methyl sites for hydroxylation is 1. The normalized spacial score (nSPS) is 10.7. The van der Waals surface area contributed by atoms with Crippen molar-refractivity contribution < 1.29 is 9.53 Å². The molecular weight excluding hydrogens is 340 g/mol. The molecule has 0 saturated carbocycles. The van der Waals surface area contributed by atoms with E-state index in [0.717, 1.165) is 22.7 Å². The minimum Gasteiger partial charge on any atom is -0.497 e. The Labute approximate surface area is 156 Å². The minimum atomic E-state index is -0.257. The molecule has 4 rings (SSSR count). The number of amides is 1. The van der Waals surface area contributed by atoms with Crippen molar-refractivity contribution in [3.63, 3.8) is 0 Å². The van der Waals surface area contributed by atoms with E-state index in [0.29, 0.717) is 16.9 Å². The molecule has 6 heteroatoms. The second-order valence-corrected chi connectivity index (χ2v) is 6.13. The quantitative estimate of drug-likeness (QED) is 0.599. The maximum absolute atomic E-state index is 12.8. The molecule has 0 radical (unpaired) electrons. The van der Waals surface area contributed by atoms with Crippen LogP contribution < -0.4 is 10.1 Å². The van der Waals surface area contributed by atoms with Crippen LogP contribution in [0.1, 0.15) is 16.1 Å². The van der Waals surface area contributed by atoms with Crippen LogP contribution in [0.5, 0.6) is 5.75 Å². The Morgan fingerprint density at radius 3 is 2.52 bits per heavy atom. The van der Waals surface area contributed by atoms with Crippen molar-refractivity contribution in [1.82, 2.24) is 14.6 Å². The lowest BCUT2D eigenvalue weighted by atomic mass is 10.1. The average molecular weight is 358 g/mol. The number of rotatable bonds is 4. The third-order valence-corrected chi connectivity index (χ3v) is 4.26. The highest BCUT2D eigenvalue weighted by Crippen LogP contribution is 2.23. The third kappa shape index (κ3) is 3.25. The van der Waals surface area contributed by atoms with Gasteiger partial charge in [-0.3, -0.25) is 4.79 Å². The molecule has 0 aliphatic carbocycles. The minimum absolute atomic E-state index is 0.257. The number of aromatic nitrogens is 3. The predicted molar refractivity (Wildman–Crippen MR) is 104 cm³/mol. The standard InChI is InChI=1S/C21H18N4O2/c1-14-12-19(15-6-4-3-5-7-15)25-20(23-14)18(13-22-25)21(26)24-16-8-10-17(27-2)11-9-16/h3-13H,1-2H3,(H,24,26). The molecule has 2 heterocycles. The molecule has 4 aromatic rings. The van der Waals surface area contributed by atoms with Gasteiger partial charge in [-0.25, -0.2) is 9.50 Å². The van der Waals surface area contributed by atoms with Crippen LogP contribution in [0.4, 0.5) is 5.69 Å². The lowest BCUT2D eigenvalue weighted by molar-refractivity contribution is 0.102. The largest absolute Gasteiger partial charge is 0.497 e. The van der Waals surface area contributed by atoms with Crippen LogP contribution in [0.2, 0.25) is 0 Å². The molecule has 2 aromatic heterocycles. The predicted octanol–water partition coefficient (Wildman–Crippen LogP) is 3.97. The van der Waals surface area contributed by atoms with Crippen molar-refractivity contribution in [2.45, 2.75) is 6.92 Å². The van der Waals surface area contributed by atoms with Crippen molar-refractivity contribution in [3.05, 3.63) is 78.1 Å². The molecule has 134 valence electrons. The first-order valence-corrected chi connectivity index (χ1v) is 8.52. The second kappa shape index (κ2) is 6.92. The number of methoxy groups -OCH3 is 1. The number of anilines is 1. The second-order valence-electron chi connectivity index (χ2n) is 6.13. The summed E-state index contributed by atoms with van der Waals surface area (Å²) in [7, 11) is 1.60. The van der Waals surface area contributed by atoms with Gasteiger partial charge in [0.25, 0.3) is 5.91 Å². The number of ether oxygens (including phenoxy) is 1. The zero-order chi connectivity index (χ0) is 18.8.